The van der Waals surface area contributed by atoms with Gasteiger partial charge in [0.1, 0.15) is 5.82 Å². The number of hydrogen-bond donors (Lipinski definition) is 1. The summed E-state index contributed by atoms with van der Waals surface area (Å²) in [5.41, 5.74) is -1.34. The van der Waals surface area contributed by atoms with E-state index < -0.39 is 22.4 Å². The van der Waals surface area contributed by atoms with Gasteiger partial charge in [-0.25, -0.2) is 4.98 Å². The van der Waals surface area contributed by atoms with Gasteiger partial charge in [-0.15, -0.1) is 0 Å². The number of aromatic amines is 1. The lowest BCUT2D eigenvalue weighted by atomic mass is 10.1. The average molecular weight is 433 g/mol. The molecule has 1 N–H and O–H groups in total. The number of nitro benzene ring substituents is 1. The largest absolute Gasteiger partial charge is 0.418 e. The van der Waals surface area contributed by atoms with Crippen molar-refractivity contribution < 1.29 is 18.1 Å². The Hall–Kier alpha value is -3.47. The van der Waals surface area contributed by atoms with Crippen LogP contribution in [-0.4, -0.2) is 46.0 Å². The van der Waals surface area contributed by atoms with Crippen molar-refractivity contribution >= 4 is 22.3 Å². The molecule has 162 valence electrons. The molecule has 11 heteroatoms. The summed E-state index contributed by atoms with van der Waals surface area (Å²) in [5.74, 6) is 0.489. The van der Waals surface area contributed by atoms with Crippen LogP contribution >= 0.6 is 0 Å². The van der Waals surface area contributed by atoms with E-state index in [9.17, 15) is 28.1 Å². The first-order valence-electron chi connectivity index (χ1n) is 9.53. The Morgan fingerprint density at radius 2 is 1.81 bits per heavy atom. The van der Waals surface area contributed by atoms with E-state index in [1.165, 1.54) is 0 Å². The number of rotatable bonds is 4. The molecule has 3 aromatic rings. The molecule has 1 aromatic heterocycles. The molecule has 0 saturated carbocycles. The normalized spacial score (nSPS) is 15.4. The Kier molecular flexibility index (Phi) is 5.36. The number of anilines is 1. The van der Waals surface area contributed by atoms with Crippen LogP contribution in [0.2, 0.25) is 0 Å². The summed E-state index contributed by atoms with van der Waals surface area (Å²) in [6.07, 6.45) is -4.70. The second kappa shape index (κ2) is 7.99. The molecule has 31 heavy (non-hydrogen) atoms. The third-order valence-electron chi connectivity index (χ3n) is 5.24. The minimum absolute atomic E-state index is 0.0741. The van der Waals surface area contributed by atoms with Crippen molar-refractivity contribution in [3.8, 4) is 0 Å². The number of nitro groups is 1. The highest BCUT2D eigenvalue weighted by molar-refractivity contribution is 5.77. The summed E-state index contributed by atoms with van der Waals surface area (Å²) in [5, 5.41) is 11.4. The third-order valence-corrected chi connectivity index (χ3v) is 5.24. The summed E-state index contributed by atoms with van der Waals surface area (Å²) < 4.78 is 40.4. The molecule has 0 spiro atoms. The van der Waals surface area contributed by atoms with Crippen LogP contribution in [0.5, 0.6) is 0 Å². The summed E-state index contributed by atoms with van der Waals surface area (Å²) >= 11 is 0. The number of H-pyrrole nitrogens is 1. The number of aromatic nitrogens is 2. The number of benzene rings is 2. The third kappa shape index (κ3) is 4.36. The SMILES string of the molecule is O=c1[nH]c(CN2CCN(c3ccc([N+](=O)[O-])cc3C(F)(F)F)CC2)nc2ccccc12. The lowest BCUT2D eigenvalue weighted by molar-refractivity contribution is -0.385. The Morgan fingerprint density at radius 3 is 2.48 bits per heavy atom. The zero-order chi connectivity index (χ0) is 22.2. The molecule has 0 bridgehead atoms. The Balaban J connectivity index is 1.49. The molecule has 0 unspecified atom stereocenters. The van der Waals surface area contributed by atoms with E-state index in [4.69, 9.17) is 0 Å². The number of non-ortho nitro benzene ring substituents is 1. The van der Waals surface area contributed by atoms with Crippen molar-refractivity contribution in [1.82, 2.24) is 14.9 Å². The number of nitrogens with zero attached hydrogens (tertiary/aromatic N) is 4. The van der Waals surface area contributed by atoms with Crippen LogP contribution in [0.1, 0.15) is 11.4 Å². The van der Waals surface area contributed by atoms with Crippen molar-refractivity contribution in [3.63, 3.8) is 0 Å². The van der Waals surface area contributed by atoms with Gasteiger partial charge in [0, 0.05) is 44.0 Å². The summed E-state index contributed by atoms with van der Waals surface area (Å²) in [6, 6.07) is 9.79. The molecule has 1 saturated heterocycles. The summed E-state index contributed by atoms with van der Waals surface area (Å²) in [6.45, 7) is 1.87. The number of halogens is 3. The van der Waals surface area contributed by atoms with E-state index in [1.54, 1.807) is 29.2 Å². The standard InChI is InChI=1S/C20H18F3N5O3/c21-20(22,23)15-11-13(28(30)31)5-6-17(15)27-9-7-26(8-10-27)12-18-24-16-4-2-1-3-14(16)19(29)25-18/h1-6,11H,7-10,12H2,(H,24,25,29). The first-order valence-corrected chi connectivity index (χ1v) is 9.53. The molecular weight excluding hydrogens is 415 g/mol. The minimum atomic E-state index is -4.70. The van der Waals surface area contributed by atoms with Crippen molar-refractivity contribution in [3.05, 3.63) is 74.3 Å². The molecule has 4 rings (SSSR count). The highest BCUT2D eigenvalue weighted by atomic mass is 19.4. The van der Waals surface area contributed by atoms with Gasteiger partial charge in [-0.3, -0.25) is 19.8 Å². The van der Waals surface area contributed by atoms with E-state index in [0.717, 1.165) is 12.1 Å². The molecule has 0 aliphatic carbocycles. The molecule has 2 heterocycles. The van der Waals surface area contributed by atoms with E-state index >= 15 is 0 Å². The van der Waals surface area contributed by atoms with Gasteiger partial charge in [0.05, 0.1) is 27.9 Å². The monoisotopic (exact) mass is 433 g/mol. The van der Waals surface area contributed by atoms with Crippen LogP contribution in [0.4, 0.5) is 24.5 Å². The topological polar surface area (TPSA) is 95.4 Å². The predicted octanol–water partition coefficient (Wildman–Crippen LogP) is 3.17. The molecule has 0 radical (unpaired) electrons. The molecule has 2 aromatic carbocycles. The molecular formula is C20H18F3N5O3. The quantitative estimate of drug-likeness (QED) is 0.502. The van der Waals surface area contributed by atoms with Gasteiger partial charge in [-0.2, -0.15) is 13.2 Å². The van der Waals surface area contributed by atoms with Crippen molar-refractivity contribution in [2.75, 3.05) is 31.1 Å². The van der Waals surface area contributed by atoms with Gasteiger partial charge in [0.25, 0.3) is 11.2 Å². The number of nitrogens with one attached hydrogen (secondary N) is 1. The highest BCUT2D eigenvalue weighted by Gasteiger charge is 2.37. The van der Waals surface area contributed by atoms with Crippen LogP contribution in [0.3, 0.4) is 0 Å². The lowest BCUT2D eigenvalue weighted by Gasteiger charge is -2.36. The Morgan fingerprint density at radius 1 is 1.10 bits per heavy atom. The smallest absolute Gasteiger partial charge is 0.368 e. The molecule has 1 aliphatic heterocycles. The number of fused-ring (bicyclic) bond motifs is 1. The Labute approximate surface area is 174 Å². The van der Waals surface area contributed by atoms with Crippen LogP contribution in [-0.2, 0) is 12.7 Å². The lowest BCUT2D eigenvalue weighted by Crippen LogP contribution is -2.46. The van der Waals surface area contributed by atoms with E-state index in [-0.39, 0.29) is 11.2 Å². The summed E-state index contributed by atoms with van der Waals surface area (Å²) in [7, 11) is 0. The zero-order valence-corrected chi connectivity index (χ0v) is 16.2. The highest BCUT2D eigenvalue weighted by Crippen LogP contribution is 2.39. The molecule has 8 nitrogen and oxygen atoms in total. The second-order valence-electron chi connectivity index (χ2n) is 7.25. The van der Waals surface area contributed by atoms with Crippen LogP contribution in [0, 0.1) is 10.1 Å². The average Bonchev–Trinajstić information content (AvgIpc) is 2.73. The number of alkyl halides is 3. The minimum Gasteiger partial charge on any atom is -0.368 e. The first-order chi connectivity index (χ1) is 14.7. The van der Waals surface area contributed by atoms with Gasteiger partial charge < -0.3 is 9.88 Å². The number of hydrogen-bond acceptors (Lipinski definition) is 6. The molecule has 1 aliphatic rings. The van der Waals surface area contributed by atoms with Gasteiger partial charge in [0.2, 0.25) is 0 Å². The fraction of sp³-hybridized carbons (Fsp3) is 0.300. The number of piperazine rings is 1. The fourth-order valence-corrected chi connectivity index (χ4v) is 3.71. The molecule has 1 fully saturated rings. The van der Waals surface area contributed by atoms with E-state index in [0.29, 0.717) is 55.5 Å². The van der Waals surface area contributed by atoms with Gasteiger partial charge in [-0.1, -0.05) is 12.1 Å². The predicted molar refractivity (Wildman–Crippen MR) is 108 cm³/mol. The van der Waals surface area contributed by atoms with Crippen molar-refractivity contribution in [1.29, 1.82) is 0 Å². The Bertz CT molecular complexity index is 1190. The second-order valence-corrected chi connectivity index (χ2v) is 7.25. The first kappa shape index (κ1) is 20.8. The maximum Gasteiger partial charge on any atom is 0.418 e. The van der Waals surface area contributed by atoms with Crippen LogP contribution in [0.15, 0.2) is 47.3 Å². The van der Waals surface area contributed by atoms with E-state index in [1.807, 2.05) is 4.90 Å². The van der Waals surface area contributed by atoms with Gasteiger partial charge in [-0.05, 0) is 18.2 Å². The van der Waals surface area contributed by atoms with Crippen molar-refractivity contribution in [2.45, 2.75) is 12.7 Å². The zero-order valence-electron chi connectivity index (χ0n) is 16.2. The van der Waals surface area contributed by atoms with E-state index in [2.05, 4.69) is 9.97 Å². The van der Waals surface area contributed by atoms with Gasteiger partial charge >= 0.3 is 6.18 Å². The van der Waals surface area contributed by atoms with Gasteiger partial charge in [0.15, 0.2) is 0 Å². The molecule has 0 amide bonds. The summed E-state index contributed by atoms with van der Waals surface area (Å²) in [4.78, 5) is 33.0. The van der Waals surface area contributed by atoms with Crippen LogP contribution in [0.25, 0.3) is 10.9 Å². The molecule has 0 atom stereocenters. The van der Waals surface area contributed by atoms with Crippen LogP contribution < -0.4 is 10.5 Å². The maximum atomic E-state index is 13.5. The fourth-order valence-electron chi connectivity index (χ4n) is 3.71. The maximum absolute atomic E-state index is 13.5. The van der Waals surface area contributed by atoms with Crippen molar-refractivity contribution in [2.24, 2.45) is 0 Å². The number of para-hydroxylation sites is 1.